The topological polar surface area (TPSA) is 85.2 Å². The number of hydrogen-bond donors (Lipinski definition) is 1. The van der Waals surface area contributed by atoms with Gasteiger partial charge in [0.1, 0.15) is 11.2 Å². The molecule has 1 aliphatic heterocycles. The lowest BCUT2D eigenvalue weighted by atomic mass is 9.99. The van der Waals surface area contributed by atoms with Gasteiger partial charge in [-0.3, -0.25) is 4.79 Å². The number of nitrogens with one attached hydrogen (secondary N) is 1. The van der Waals surface area contributed by atoms with Crippen LogP contribution in [0.5, 0.6) is 0 Å². The molecule has 8 heteroatoms. The smallest absolute Gasteiger partial charge is 0.410 e. The number of nitrogens with zero attached hydrogens (tertiary/aromatic N) is 3. The van der Waals surface area contributed by atoms with Crippen LogP contribution in [0.15, 0.2) is 36.5 Å². The lowest BCUT2D eigenvalue weighted by molar-refractivity contribution is -0.0650. The van der Waals surface area contributed by atoms with Crippen LogP contribution in [-0.4, -0.2) is 64.2 Å². The molecular weight excluding hydrogens is 456 g/mol. The number of rotatable bonds is 4. The largest absolute Gasteiger partial charge is 0.444 e. The summed E-state index contributed by atoms with van der Waals surface area (Å²) in [5.74, 6) is -0.123. The van der Waals surface area contributed by atoms with Gasteiger partial charge in [0.2, 0.25) is 0 Å². The first-order chi connectivity index (χ1) is 17.0. The highest BCUT2D eigenvalue weighted by Gasteiger charge is 2.34. The molecule has 0 spiro atoms. The van der Waals surface area contributed by atoms with E-state index in [-0.39, 0.29) is 24.1 Å². The molecule has 0 bridgehead atoms. The molecule has 8 nitrogen and oxygen atoms in total. The van der Waals surface area contributed by atoms with Crippen LogP contribution >= 0.6 is 0 Å². The van der Waals surface area contributed by atoms with E-state index in [0.29, 0.717) is 25.1 Å². The van der Waals surface area contributed by atoms with Crippen LogP contribution in [-0.2, 0) is 15.9 Å². The Morgan fingerprint density at radius 3 is 2.61 bits per heavy atom. The van der Waals surface area contributed by atoms with E-state index in [1.165, 1.54) is 0 Å². The molecule has 1 aliphatic rings. The summed E-state index contributed by atoms with van der Waals surface area (Å²) in [6.45, 7) is 12.5. The fourth-order valence-electron chi connectivity index (χ4n) is 4.55. The van der Waals surface area contributed by atoms with Crippen molar-refractivity contribution in [1.82, 2.24) is 19.6 Å². The van der Waals surface area contributed by atoms with E-state index in [1.54, 1.807) is 11.9 Å². The molecule has 1 aromatic carbocycles. The predicted molar refractivity (Wildman–Crippen MR) is 139 cm³/mol. The predicted octanol–water partition coefficient (Wildman–Crippen LogP) is 4.54. The Morgan fingerprint density at radius 1 is 1.19 bits per heavy atom. The van der Waals surface area contributed by atoms with E-state index in [2.05, 4.69) is 21.9 Å². The standard InChI is InChI=1S/C28H36N4O4/c1-17-10-11-31-23(14-21-15-32(19(3)16-35-21)27(34)36-28(4,5)6)25(30-24(31)12-17)22-9-8-20(13-18(22)2)26(33)29-7/h8-13,19,21H,14-16H2,1-7H3,(H,29,33). The van der Waals surface area contributed by atoms with Crippen LogP contribution in [0.25, 0.3) is 16.9 Å². The highest BCUT2D eigenvalue weighted by Crippen LogP contribution is 2.31. The number of carbonyl (C=O) groups is 2. The van der Waals surface area contributed by atoms with E-state index < -0.39 is 5.60 Å². The highest BCUT2D eigenvalue weighted by atomic mass is 16.6. The first-order valence-corrected chi connectivity index (χ1v) is 12.4. The Morgan fingerprint density at radius 2 is 1.94 bits per heavy atom. The summed E-state index contributed by atoms with van der Waals surface area (Å²) in [4.78, 5) is 31.7. The third-order valence-electron chi connectivity index (χ3n) is 6.41. The highest BCUT2D eigenvalue weighted by molar-refractivity contribution is 5.95. The summed E-state index contributed by atoms with van der Waals surface area (Å²) in [7, 11) is 1.62. The average molecular weight is 493 g/mol. The van der Waals surface area contributed by atoms with E-state index in [0.717, 1.165) is 33.7 Å². The van der Waals surface area contributed by atoms with Gasteiger partial charge in [0.15, 0.2) is 0 Å². The van der Waals surface area contributed by atoms with Gasteiger partial charge >= 0.3 is 6.09 Å². The van der Waals surface area contributed by atoms with Gasteiger partial charge in [-0.15, -0.1) is 0 Å². The number of benzene rings is 1. The SMILES string of the molecule is CNC(=O)c1ccc(-c2nc3cc(C)ccn3c2CC2CN(C(=O)OC(C)(C)C)C(C)CO2)c(C)c1. The molecule has 0 radical (unpaired) electrons. The maximum Gasteiger partial charge on any atom is 0.410 e. The minimum Gasteiger partial charge on any atom is -0.444 e. The van der Waals surface area contributed by atoms with Gasteiger partial charge in [-0.25, -0.2) is 9.78 Å². The van der Waals surface area contributed by atoms with Gasteiger partial charge in [0, 0.05) is 30.8 Å². The van der Waals surface area contributed by atoms with Crippen molar-refractivity contribution in [2.75, 3.05) is 20.2 Å². The van der Waals surface area contributed by atoms with Crippen molar-refractivity contribution in [3.8, 4) is 11.3 Å². The second kappa shape index (κ2) is 9.93. The van der Waals surface area contributed by atoms with Gasteiger partial charge in [-0.05, 0) is 76.9 Å². The summed E-state index contributed by atoms with van der Waals surface area (Å²) < 4.78 is 13.9. The van der Waals surface area contributed by atoms with Crippen molar-refractivity contribution in [2.45, 2.75) is 65.7 Å². The number of fused-ring (bicyclic) bond motifs is 1. The lowest BCUT2D eigenvalue weighted by Crippen LogP contribution is -2.52. The fourth-order valence-corrected chi connectivity index (χ4v) is 4.55. The quantitative estimate of drug-likeness (QED) is 0.578. The van der Waals surface area contributed by atoms with Gasteiger partial charge in [0.25, 0.3) is 5.91 Å². The van der Waals surface area contributed by atoms with Gasteiger partial charge in [-0.2, -0.15) is 0 Å². The van der Waals surface area contributed by atoms with Crippen molar-refractivity contribution in [2.24, 2.45) is 0 Å². The Kier molecular flexibility index (Phi) is 7.09. The van der Waals surface area contributed by atoms with Gasteiger partial charge in [-0.1, -0.05) is 6.07 Å². The molecular formula is C28H36N4O4. The fraction of sp³-hybridized carbons (Fsp3) is 0.464. The van der Waals surface area contributed by atoms with Crippen LogP contribution in [0.4, 0.5) is 4.79 Å². The molecule has 2 amide bonds. The molecule has 192 valence electrons. The molecule has 1 saturated heterocycles. The third kappa shape index (κ3) is 5.38. The molecule has 0 saturated carbocycles. The number of morpholine rings is 1. The lowest BCUT2D eigenvalue weighted by Gasteiger charge is -2.38. The second-order valence-electron chi connectivity index (χ2n) is 10.6. The maximum atomic E-state index is 12.9. The van der Waals surface area contributed by atoms with Crippen LogP contribution < -0.4 is 5.32 Å². The molecule has 3 aromatic rings. The number of pyridine rings is 1. The van der Waals surface area contributed by atoms with E-state index >= 15 is 0 Å². The molecule has 2 aromatic heterocycles. The number of aromatic nitrogens is 2. The molecule has 1 N–H and O–H groups in total. The number of hydrogen-bond acceptors (Lipinski definition) is 5. The molecule has 0 aliphatic carbocycles. The Labute approximate surface area is 212 Å². The summed E-state index contributed by atoms with van der Waals surface area (Å²) >= 11 is 0. The van der Waals surface area contributed by atoms with Crippen LogP contribution in [0, 0.1) is 13.8 Å². The first kappa shape index (κ1) is 25.7. The molecule has 3 heterocycles. The van der Waals surface area contributed by atoms with E-state index in [1.807, 2.05) is 65.9 Å². The average Bonchev–Trinajstić information content (AvgIpc) is 3.15. The number of amides is 2. The normalized spacial score (nSPS) is 18.4. The molecule has 4 rings (SSSR count). The zero-order valence-corrected chi connectivity index (χ0v) is 22.2. The van der Waals surface area contributed by atoms with Crippen molar-refractivity contribution < 1.29 is 19.1 Å². The van der Waals surface area contributed by atoms with E-state index in [4.69, 9.17) is 14.5 Å². The summed E-state index contributed by atoms with van der Waals surface area (Å²) in [6.07, 6.45) is 2.07. The Bertz CT molecular complexity index is 1290. The Hall–Kier alpha value is -3.39. The first-order valence-electron chi connectivity index (χ1n) is 12.4. The maximum absolute atomic E-state index is 12.9. The minimum atomic E-state index is -0.560. The van der Waals surface area contributed by atoms with Crippen LogP contribution in [0.1, 0.15) is 54.9 Å². The monoisotopic (exact) mass is 492 g/mol. The van der Waals surface area contributed by atoms with Gasteiger partial charge in [0.05, 0.1) is 36.7 Å². The van der Waals surface area contributed by atoms with Crippen molar-refractivity contribution in [1.29, 1.82) is 0 Å². The third-order valence-corrected chi connectivity index (χ3v) is 6.41. The minimum absolute atomic E-state index is 0.0695. The zero-order chi connectivity index (χ0) is 26.2. The van der Waals surface area contributed by atoms with Crippen molar-refractivity contribution in [3.05, 3.63) is 58.9 Å². The van der Waals surface area contributed by atoms with Crippen LogP contribution in [0.3, 0.4) is 0 Å². The molecule has 2 atom stereocenters. The van der Waals surface area contributed by atoms with Crippen molar-refractivity contribution in [3.63, 3.8) is 0 Å². The summed E-state index contributed by atoms with van der Waals surface area (Å²) in [5.41, 5.74) is 5.81. The number of aryl methyl sites for hydroxylation is 2. The molecule has 1 fully saturated rings. The summed E-state index contributed by atoms with van der Waals surface area (Å²) in [5, 5.41) is 2.67. The van der Waals surface area contributed by atoms with Gasteiger partial charge < -0.3 is 24.1 Å². The molecule has 36 heavy (non-hydrogen) atoms. The summed E-state index contributed by atoms with van der Waals surface area (Å²) in [6, 6.07) is 9.70. The second-order valence-corrected chi connectivity index (χ2v) is 10.6. The molecule has 2 unspecified atom stereocenters. The Balaban J connectivity index is 1.69. The number of imidazole rings is 1. The van der Waals surface area contributed by atoms with Crippen LogP contribution in [0.2, 0.25) is 0 Å². The number of ether oxygens (including phenoxy) is 2. The number of carbonyl (C=O) groups excluding carboxylic acids is 2. The zero-order valence-electron chi connectivity index (χ0n) is 22.2. The van der Waals surface area contributed by atoms with Crippen molar-refractivity contribution >= 4 is 17.6 Å². The van der Waals surface area contributed by atoms with E-state index in [9.17, 15) is 9.59 Å².